The summed E-state index contributed by atoms with van der Waals surface area (Å²) in [5, 5.41) is 33.1. The second-order valence-corrected chi connectivity index (χ2v) is 5.66. The molecular weight excluding hydrogens is 386 g/mol. The van der Waals surface area contributed by atoms with Crippen molar-refractivity contribution in [2.24, 2.45) is 0 Å². The molecule has 0 saturated heterocycles. The van der Waals surface area contributed by atoms with Gasteiger partial charge in [0.15, 0.2) is 35.4 Å². The number of pyridine rings is 2. The van der Waals surface area contributed by atoms with Gasteiger partial charge in [-0.2, -0.15) is 4.40 Å². The number of benzene rings is 2. The fraction of sp³-hybridized carbons (Fsp3) is 0.105. The van der Waals surface area contributed by atoms with Crippen molar-refractivity contribution in [1.82, 2.24) is 0 Å². The van der Waals surface area contributed by atoms with E-state index < -0.39 is 0 Å². The standard InChI is InChI=1S/C19H15NO4.BrH/c1-2-24-18-4-3-11-7-15-13-9-17(22)16(21)8-12(13)5-6-20(15)10-14(11)19(18)23;/h3-10H,2H2,1H3,(H2,21,22,23);1H. The number of rotatable bonds is 2. The summed E-state index contributed by atoms with van der Waals surface area (Å²) in [6.07, 6.45) is 3.67. The highest BCUT2D eigenvalue weighted by molar-refractivity contribution is 6.00. The average Bonchev–Trinajstić information content (AvgIpc) is 2.58. The van der Waals surface area contributed by atoms with Gasteiger partial charge < -0.3 is 37.0 Å². The topological polar surface area (TPSA) is 74.0 Å². The summed E-state index contributed by atoms with van der Waals surface area (Å²) < 4.78 is 7.31. The Morgan fingerprint density at radius 2 is 1.64 bits per heavy atom. The zero-order chi connectivity index (χ0) is 16.8. The maximum Gasteiger partial charge on any atom is 0.219 e. The smallest absolute Gasteiger partial charge is 0.219 e. The van der Waals surface area contributed by atoms with Crippen molar-refractivity contribution in [3.8, 4) is 23.0 Å². The summed E-state index contributed by atoms with van der Waals surface area (Å²) in [6, 6.07) is 10.5. The number of hydrogen-bond acceptors (Lipinski definition) is 4. The molecule has 128 valence electrons. The SMILES string of the molecule is CCOc1ccc2cc3c4cc(O)c(O)cc4cc[n+]3cc2c1O.[Br-]. The Bertz CT molecular complexity index is 1110. The van der Waals surface area contributed by atoms with E-state index in [1.807, 2.05) is 41.9 Å². The van der Waals surface area contributed by atoms with Crippen LogP contribution in [-0.2, 0) is 0 Å². The minimum atomic E-state index is -0.162. The van der Waals surface area contributed by atoms with Gasteiger partial charge in [-0.05, 0) is 42.0 Å². The molecule has 25 heavy (non-hydrogen) atoms. The molecule has 0 amide bonds. The Hall–Kier alpha value is -2.73. The molecule has 0 fully saturated rings. The number of nitrogens with zero attached hydrogens (tertiary/aromatic N) is 1. The van der Waals surface area contributed by atoms with E-state index in [0.717, 1.165) is 21.7 Å². The van der Waals surface area contributed by atoms with Crippen LogP contribution in [0.4, 0.5) is 0 Å². The van der Waals surface area contributed by atoms with Gasteiger partial charge >= 0.3 is 0 Å². The second kappa shape index (κ2) is 6.29. The zero-order valence-electron chi connectivity index (χ0n) is 13.4. The van der Waals surface area contributed by atoms with Crippen molar-refractivity contribution < 1.29 is 41.4 Å². The van der Waals surface area contributed by atoms with Gasteiger partial charge in [0.05, 0.1) is 17.4 Å². The lowest BCUT2D eigenvalue weighted by Crippen LogP contribution is -3.00. The van der Waals surface area contributed by atoms with E-state index in [0.29, 0.717) is 17.7 Å². The van der Waals surface area contributed by atoms with Crippen molar-refractivity contribution in [1.29, 1.82) is 0 Å². The van der Waals surface area contributed by atoms with Crippen LogP contribution in [0.3, 0.4) is 0 Å². The summed E-state index contributed by atoms with van der Waals surface area (Å²) in [4.78, 5) is 0. The number of phenolic OH excluding ortho intramolecular Hbond substituents is 3. The van der Waals surface area contributed by atoms with E-state index in [9.17, 15) is 15.3 Å². The molecule has 2 heterocycles. The first-order chi connectivity index (χ1) is 11.6. The van der Waals surface area contributed by atoms with Crippen molar-refractivity contribution in [3.05, 3.63) is 48.8 Å². The van der Waals surface area contributed by atoms with Gasteiger partial charge in [0, 0.05) is 12.1 Å². The Morgan fingerprint density at radius 1 is 0.920 bits per heavy atom. The summed E-state index contributed by atoms with van der Waals surface area (Å²) in [5.41, 5.74) is 0.860. The third kappa shape index (κ3) is 2.68. The molecule has 2 aromatic carbocycles. The number of aromatic nitrogens is 1. The second-order valence-electron chi connectivity index (χ2n) is 5.66. The number of aromatic hydroxyl groups is 3. The molecule has 0 aliphatic rings. The van der Waals surface area contributed by atoms with Crippen molar-refractivity contribution >= 4 is 27.1 Å². The lowest BCUT2D eigenvalue weighted by molar-refractivity contribution is -0.509. The van der Waals surface area contributed by atoms with E-state index in [1.165, 1.54) is 6.07 Å². The fourth-order valence-corrected chi connectivity index (χ4v) is 3.02. The van der Waals surface area contributed by atoms with Gasteiger partial charge in [0.25, 0.3) is 0 Å². The third-order valence-corrected chi connectivity index (χ3v) is 4.19. The van der Waals surface area contributed by atoms with Crippen LogP contribution in [0.2, 0.25) is 0 Å². The van der Waals surface area contributed by atoms with Crippen molar-refractivity contribution in [2.45, 2.75) is 6.92 Å². The monoisotopic (exact) mass is 401 g/mol. The minimum Gasteiger partial charge on any atom is -1.00 e. The highest BCUT2D eigenvalue weighted by Crippen LogP contribution is 2.36. The molecule has 4 aromatic rings. The number of halogens is 1. The molecule has 0 unspecified atom stereocenters. The maximum absolute atomic E-state index is 10.4. The third-order valence-electron chi connectivity index (χ3n) is 4.19. The molecule has 5 nitrogen and oxygen atoms in total. The van der Waals surface area contributed by atoms with E-state index in [-0.39, 0.29) is 34.2 Å². The maximum atomic E-state index is 10.4. The molecule has 0 spiro atoms. The Kier molecular flexibility index (Phi) is 4.30. The van der Waals surface area contributed by atoms with Gasteiger partial charge in [-0.3, -0.25) is 0 Å². The lowest BCUT2D eigenvalue weighted by Gasteiger charge is -2.08. The molecule has 3 N–H and O–H groups in total. The van der Waals surface area contributed by atoms with Crippen LogP contribution < -0.4 is 26.1 Å². The highest BCUT2D eigenvalue weighted by Gasteiger charge is 2.16. The molecule has 0 atom stereocenters. The normalized spacial score (nSPS) is 10.9. The van der Waals surface area contributed by atoms with Gasteiger partial charge in [-0.1, -0.05) is 0 Å². The van der Waals surface area contributed by atoms with E-state index in [4.69, 9.17) is 4.74 Å². The van der Waals surface area contributed by atoms with Crippen molar-refractivity contribution in [2.75, 3.05) is 6.61 Å². The summed E-state index contributed by atoms with van der Waals surface area (Å²) in [6.45, 7) is 2.35. The van der Waals surface area contributed by atoms with Crippen LogP contribution in [0.15, 0.2) is 48.8 Å². The van der Waals surface area contributed by atoms with Crippen LogP contribution >= 0.6 is 0 Å². The molecule has 0 bridgehead atoms. The van der Waals surface area contributed by atoms with Crippen LogP contribution in [-0.4, -0.2) is 21.9 Å². The Morgan fingerprint density at radius 3 is 2.40 bits per heavy atom. The molecule has 6 heteroatoms. The van der Waals surface area contributed by atoms with Crippen LogP contribution in [0.5, 0.6) is 23.0 Å². The summed E-state index contributed by atoms with van der Waals surface area (Å²) in [7, 11) is 0. The average molecular weight is 402 g/mol. The number of phenols is 3. The van der Waals surface area contributed by atoms with Gasteiger partial charge in [0.2, 0.25) is 5.52 Å². The molecule has 0 aliphatic carbocycles. The number of fused-ring (bicyclic) bond motifs is 4. The molecule has 4 rings (SSSR count). The lowest BCUT2D eigenvalue weighted by atomic mass is 10.1. The number of hydrogen-bond donors (Lipinski definition) is 3. The predicted octanol–water partition coefficient (Wildman–Crippen LogP) is 0.251. The van der Waals surface area contributed by atoms with Crippen molar-refractivity contribution in [3.63, 3.8) is 0 Å². The van der Waals surface area contributed by atoms with Gasteiger partial charge in [-0.15, -0.1) is 0 Å². The highest BCUT2D eigenvalue weighted by atomic mass is 79.9. The largest absolute Gasteiger partial charge is 1.00 e. The quantitative estimate of drug-likeness (QED) is 0.195. The summed E-state index contributed by atoms with van der Waals surface area (Å²) >= 11 is 0. The van der Waals surface area contributed by atoms with Gasteiger partial charge in [-0.25, -0.2) is 0 Å². The minimum absolute atomic E-state index is 0. The van der Waals surface area contributed by atoms with E-state index in [1.54, 1.807) is 12.1 Å². The van der Waals surface area contributed by atoms with E-state index in [2.05, 4.69) is 0 Å². The molecule has 0 radical (unpaired) electrons. The molecule has 2 aromatic heterocycles. The molecule has 0 saturated carbocycles. The molecular formula is C19H16BrNO4. The zero-order valence-corrected chi connectivity index (χ0v) is 15.0. The van der Waals surface area contributed by atoms with Crippen LogP contribution in [0, 0.1) is 0 Å². The van der Waals surface area contributed by atoms with Crippen LogP contribution in [0.1, 0.15) is 6.92 Å². The first-order valence-electron chi connectivity index (χ1n) is 7.66. The van der Waals surface area contributed by atoms with Crippen LogP contribution in [0.25, 0.3) is 27.1 Å². The Balaban J connectivity index is 0.00000182. The summed E-state index contributed by atoms with van der Waals surface area (Å²) in [5.74, 6) is 0.252. The Labute approximate surface area is 154 Å². The number of ether oxygens (including phenoxy) is 1. The first-order valence-corrected chi connectivity index (χ1v) is 7.66. The van der Waals surface area contributed by atoms with E-state index >= 15 is 0 Å². The molecule has 0 aliphatic heterocycles. The first kappa shape index (κ1) is 17.1. The predicted molar refractivity (Wildman–Crippen MR) is 90.8 cm³/mol. The fourth-order valence-electron chi connectivity index (χ4n) is 3.02. The van der Waals surface area contributed by atoms with Gasteiger partial charge in [0.1, 0.15) is 0 Å².